The highest BCUT2D eigenvalue weighted by Crippen LogP contribution is 2.39. The molecule has 5 heteroatoms. The van der Waals surface area contributed by atoms with Crippen molar-refractivity contribution in [2.24, 2.45) is 0 Å². The van der Waals surface area contributed by atoms with Crippen molar-refractivity contribution in [3.8, 4) is 0 Å². The third kappa shape index (κ3) is 1.17. The van der Waals surface area contributed by atoms with Crippen LogP contribution in [0.1, 0.15) is 11.9 Å². The average Bonchev–Trinajstić information content (AvgIpc) is 2.73. The molecule has 1 unspecified atom stereocenters. The van der Waals surface area contributed by atoms with Crippen LogP contribution in [0.2, 0.25) is 0 Å². The number of aromatic nitrogens is 2. The zero-order valence-corrected chi connectivity index (χ0v) is 8.07. The number of hydrogen-bond acceptors (Lipinski definition) is 1. The Hall–Kier alpha value is -1.78. The van der Waals surface area contributed by atoms with Gasteiger partial charge in [-0.2, -0.15) is 13.2 Å². The number of halogens is 3. The summed E-state index contributed by atoms with van der Waals surface area (Å²) in [5.41, 5.74) is 1.11. The third-order valence-electron chi connectivity index (χ3n) is 2.66. The number of fused-ring (bicyclic) bond motifs is 3. The standard InChI is InChI=1S/C11H7F3N2/c12-11(13,14)9-5-6-10-15-7-3-1-2-4-8(7)16(9)10/h1-6,9H. The summed E-state index contributed by atoms with van der Waals surface area (Å²) in [6.07, 6.45) is -1.72. The molecule has 0 radical (unpaired) electrons. The van der Waals surface area contributed by atoms with Gasteiger partial charge in [-0.05, 0) is 24.3 Å². The molecular formula is C11H7F3N2. The van der Waals surface area contributed by atoms with E-state index in [1.807, 2.05) is 0 Å². The van der Waals surface area contributed by atoms with E-state index < -0.39 is 12.2 Å². The Bertz CT molecular complexity index is 580. The second-order valence-electron chi connectivity index (χ2n) is 3.67. The van der Waals surface area contributed by atoms with Crippen molar-refractivity contribution in [3.05, 3.63) is 36.2 Å². The van der Waals surface area contributed by atoms with Crippen molar-refractivity contribution >= 4 is 17.1 Å². The Morgan fingerprint density at radius 1 is 1.19 bits per heavy atom. The van der Waals surface area contributed by atoms with Crippen LogP contribution in [0, 0.1) is 0 Å². The number of rotatable bonds is 0. The van der Waals surface area contributed by atoms with E-state index in [0.717, 1.165) is 6.08 Å². The number of allylic oxidation sites excluding steroid dienone is 1. The molecule has 0 N–H and O–H groups in total. The molecule has 0 bridgehead atoms. The maximum atomic E-state index is 12.7. The molecule has 0 spiro atoms. The van der Waals surface area contributed by atoms with Crippen LogP contribution in [-0.4, -0.2) is 15.7 Å². The normalized spacial score (nSPS) is 19.3. The van der Waals surface area contributed by atoms with Gasteiger partial charge in [-0.25, -0.2) is 4.98 Å². The first-order valence-corrected chi connectivity index (χ1v) is 4.79. The number of alkyl halides is 3. The molecule has 1 aliphatic heterocycles. The molecule has 0 saturated heterocycles. The quantitative estimate of drug-likeness (QED) is 0.672. The van der Waals surface area contributed by atoms with Crippen LogP contribution in [0.25, 0.3) is 17.1 Å². The molecule has 1 atom stereocenters. The van der Waals surface area contributed by atoms with Gasteiger partial charge in [-0.15, -0.1) is 0 Å². The lowest BCUT2D eigenvalue weighted by atomic mass is 10.2. The Morgan fingerprint density at radius 3 is 2.69 bits per heavy atom. The van der Waals surface area contributed by atoms with E-state index in [4.69, 9.17) is 0 Å². The fourth-order valence-electron chi connectivity index (χ4n) is 1.99. The van der Waals surface area contributed by atoms with Gasteiger partial charge in [-0.3, -0.25) is 0 Å². The van der Waals surface area contributed by atoms with Gasteiger partial charge in [0.05, 0.1) is 11.0 Å². The summed E-state index contributed by atoms with van der Waals surface area (Å²) in [7, 11) is 0. The molecule has 1 aromatic carbocycles. The van der Waals surface area contributed by atoms with Gasteiger partial charge in [-0.1, -0.05) is 12.1 Å². The van der Waals surface area contributed by atoms with Crippen molar-refractivity contribution in [2.75, 3.05) is 0 Å². The topological polar surface area (TPSA) is 17.8 Å². The van der Waals surface area contributed by atoms with E-state index in [-0.39, 0.29) is 0 Å². The van der Waals surface area contributed by atoms with Crippen LogP contribution < -0.4 is 0 Å². The molecule has 2 aromatic rings. The Balaban J connectivity index is 2.27. The van der Waals surface area contributed by atoms with Gasteiger partial charge in [0.15, 0.2) is 0 Å². The highest BCUT2D eigenvalue weighted by atomic mass is 19.4. The van der Waals surface area contributed by atoms with Gasteiger partial charge in [0.2, 0.25) is 0 Å². The van der Waals surface area contributed by atoms with Crippen molar-refractivity contribution in [1.29, 1.82) is 0 Å². The molecule has 2 nitrogen and oxygen atoms in total. The van der Waals surface area contributed by atoms with Gasteiger partial charge in [0.1, 0.15) is 11.9 Å². The summed E-state index contributed by atoms with van der Waals surface area (Å²) >= 11 is 0. The fourth-order valence-corrected chi connectivity index (χ4v) is 1.99. The van der Waals surface area contributed by atoms with Crippen LogP contribution in [0.5, 0.6) is 0 Å². The Morgan fingerprint density at radius 2 is 1.94 bits per heavy atom. The van der Waals surface area contributed by atoms with Gasteiger partial charge < -0.3 is 4.57 Å². The Kier molecular flexibility index (Phi) is 1.70. The van der Waals surface area contributed by atoms with E-state index in [0.29, 0.717) is 16.9 Å². The number of para-hydroxylation sites is 2. The molecule has 0 saturated carbocycles. The zero-order valence-electron chi connectivity index (χ0n) is 8.07. The van der Waals surface area contributed by atoms with E-state index in [1.165, 1.54) is 10.6 Å². The average molecular weight is 224 g/mol. The van der Waals surface area contributed by atoms with Crippen LogP contribution in [0.4, 0.5) is 13.2 Å². The molecule has 82 valence electrons. The molecule has 0 fully saturated rings. The predicted molar refractivity (Wildman–Crippen MR) is 53.9 cm³/mol. The van der Waals surface area contributed by atoms with Crippen LogP contribution in [0.15, 0.2) is 30.3 Å². The molecular weight excluding hydrogens is 217 g/mol. The molecule has 2 heterocycles. The lowest BCUT2D eigenvalue weighted by Gasteiger charge is -2.16. The molecule has 16 heavy (non-hydrogen) atoms. The van der Waals surface area contributed by atoms with Crippen molar-refractivity contribution in [2.45, 2.75) is 12.2 Å². The van der Waals surface area contributed by atoms with Crippen molar-refractivity contribution in [1.82, 2.24) is 9.55 Å². The first kappa shape index (κ1) is 9.45. The molecule has 0 amide bonds. The second-order valence-corrected chi connectivity index (χ2v) is 3.67. The van der Waals surface area contributed by atoms with Crippen LogP contribution in [-0.2, 0) is 0 Å². The van der Waals surface area contributed by atoms with Crippen molar-refractivity contribution in [3.63, 3.8) is 0 Å². The molecule has 0 aliphatic carbocycles. The zero-order chi connectivity index (χ0) is 11.3. The molecule has 1 aliphatic rings. The predicted octanol–water partition coefficient (Wildman–Crippen LogP) is 3.17. The van der Waals surface area contributed by atoms with Gasteiger partial charge in [0, 0.05) is 0 Å². The summed E-state index contributed by atoms with van der Waals surface area (Å²) in [6, 6.07) is 5.25. The van der Waals surface area contributed by atoms with Gasteiger partial charge in [0.25, 0.3) is 0 Å². The van der Waals surface area contributed by atoms with E-state index in [2.05, 4.69) is 4.98 Å². The highest BCUT2D eigenvalue weighted by molar-refractivity contribution is 5.79. The van der Waals surface area contributed by atoms with Gasteiger partial charge >= 0.3 is 6.18 Å². The summed E-state index contributed by atoms with van der Waals surface area (Å²) in [4.78, 5) is 4.13. The maximum absolute atomic E-state index is 12.7. The van der Waals surface area contributed by atoms with Crippen LogP contribution >= 0.6 is 0 Å². The SMILES string of the molecule is FC(F)(F)C1C=Cc2nc3ccccc3n21. The number of benzene rings is 1. The minimum atomic E-state index is -4.27. The summed E-state index contributed by atoms with van der Waals surface area (Å²) in [5.74, 6) is 0.364. The molecule has 3 rings (SSSR count). The maximum Gasteiger partial charge on any atom is 0.412 e. The second kappa shape index (κ2) is 2.87. The summed E-state index contributed by atoms with van der Waals surface area (Å²) in [5, 5.41) is 0. The minimum absolute atomic E-state index is 0.364. The lowest BCUT2D eigenvalue weighted by molar-refractivity contribution is -0.153. The first-order valence-electron chi connectivity index (χ1n) is 4.79. The lowest BCUT2D eigenvalue weighted by Crippen LogP contribution is -2.23. The van der Waals surface area contributed by atoms with E-state index in [1.54, 1.807) is 24.3 Å². The number of hydrogen-bond donors (Lipinski definition) is 0. The van der Waals surface area contributed by atoms with Crippen LogP contribution in [0.3, 0.4) is 0 Å². The first-order chi connectivity index (χ1) is 7.57. The van der Waals surface area contributed by atoms with Crippen molar-refractivity contribution < 1.29 is 13.2 Å². The smallest absolute Gasteiger partial charge is 0.308 e. The minimum Gasteiger partial charge on any atom is -0.308 e. The van der Waals surface area contributed by atoms with E-state index >= 15 is 0 Å². The van der Waals surface area contributed by atoms with E-state index in [9.17, 15) is 13.2 Å². The highest BCUT2D eigenvalue weighted by Gasteiger charge is 2.42. The third-order valence-corrected chi connectivity index (χ3v) is 2.66. The largest absolute Gasteiger partial charge is 0.412 e. The number of nitrogens with zero attached hydrogens (tertiary/aromatic N) is 2. The summed E-state index contributed by atoms with van der Waals surface area (Å²) < 4.78 is 39.5. The molecule has 1 aromatic heterocycles. The monoisotopic (exact) mass is 224 g/mol. The number of imidazole rings is 1. The summed E-state index contributed by atoms with van der Waals surface area (Å²) in [6.45, 7) is 0. The Labute approximate surface area is 89.0 Å². The fraction of sp³-hybridized carbons (Fsp3) is 0.182.